The number of nitrogens with one attached hydrogen (secondary N) is 2. The fourth-order valence-corrected chi connectivity index (χ4v) is 1.55. The molecule has 0 atom stereocenters. The Labute approximate surface area is 118 Å². The predicted octanol–water partition coefficient (Wildman–Crippen LogP) is 2.03. The van der Waals surface area contributed by atoms with Crippen molar-refractivity contribution in [2.24, 2.45) is 0 Å². The molecule has 1 rings (SSSR count). The molecule has 0 bridgehead atoms. The van der Waals surface area contributed by atoms with Crippen LogP contribution in [-0.4, -0.2) is 36.9 Å². The minimum Gasteiger partial charge on any atom is -0.480 e. The summed E-state index contributed by atoms with van der Waals surface area (Å²) < 4.78 is 4.80. The number of hydrogen-bond acceptors (Lipinski definition) is 3. The predicted molar refractivity (Wildman–Crippen MR) is 76.0 cm³/mol. The second-order valence-electron chi connectivity index (χ2n) is 4.61. The number of urea groups is 1. The zero-order chi connectivity index (χ0) is 15.0. The molecule has 0 aliphatic heterocycles. The first kappa shape index (κ1) is 16.0. The van der Waals surface area contributed by atoms with Crippen molar-refractivity contribution in [1.29, 1.82) is 0 Å². The maximum atomic E-state index is 11.6. The molecular formula is C14H20N2O4. The first-order valence-corrected chi connectivity index (χ1v) is 6.43. The van der Waals surface area contributed by atoms with E-state index in [9.17, 15) is 9.59 Å². The van der Waals surface area contributed by atoms with E-state index in [1.165, 1.54) is 0 Å². The van der Waals surface area contributed by atoms with E-state index in [0.29, 0.717) is 5.92 Å². The van der Waals surface area contributed by atoms with Crippen molar-refractivity contribution < 1.29 is 19.4 Å². The number of benzene rings is 1. The SMILES string of the molecule is CC(C)c1cccc(NC(=O)NCCOCC(=O)O)c1. The van der Waals surface area contributed by atoms with E-state index in [4.69, 9.17) is 9.84 Å². The van der Waals surface area contributed by atoms with Crippen LogP contribution in [0.5, 0.6) is 0 Å². The summed E-state index contributed by atoms with van der Waals surface area (Å²) in [5.74, 6) is -0.635. The van der Waals surface area contributed by atoms with Crippen LogP contribution in [0.25, 0.3) is 0 Å². The molecule has 0 aliphatic carbocycles. The van der Waals surface area contributed by atoms with E-state index < -0.39 is 5.97 Å². The van der Waals surface area contributed by atoms with Crippen molar-refractivity contribution in [3.05, 3.63) is 29.8 Å². The third kappa shape index (κ3) is 6.19. The molecule has 0 fully saturated rings. The minimum atomic E-state index is -1.03. The van der Waals surface area contributed by atoms with Gasteiger partial charge in [0.25, 0.3) is 0 Å². The quantitative estimate of drug-likeness (QED) is 0.667. The van der Waals surface area contributed by atoms with Gasteiger partial charge in [-0.2, -0.15) is 0 Å². The lowest BCUT2D eigenvalue weighted by molar-refractivity contribution is -0.142. The largest absolute Gasteiger partial charge is 0.480 e. The number of carbonyl (C=O) groups is 2. The first-order valence-electron chi connectivity index (χ1n) is 6.43. The molecule has 0 unspecified atom stereocenters. The summed E-state index contributed by atoms with van der Waals surface area (Å²) in [5, 5.41) is 13.7. The van der Waals surface area contributed by atoms with Gasteiger partial charge in [0.1, 0.15) is 6.61 Å². The van der Waals surface area contributed by atoms with E-state index in [1.54, 1.807) is 0 Å². The van der Waals surface area contributed by atoms with Crippen LogP contribution in [-0.2, 0) is 9.53 Å². The lowest BCUT2D eigenvalue weighted by Crippen LogP contribution is -2.32. The maximum absolute atomic E-state index is 11.6. The Morgan fingerprint density at radius 2 is 2.10 bits per heavy atom. The van der Waals surface area contributed by atoms with Crippen molar-refractivity contribution in [3.8, 4) is 0 Å². The number of ether oxygens (including phenoxy) is 1. The lowest BCUT2D eigenvalue weighted by atomic mass is 10.0. The summed E-state index contributed by atoms with van der Waals surface area (Å²) in [4.78, 5) is 21.8. The third-order valence-electron chi connectivity index (χ3n) is 2.57. The molecule has 20 heavy (non-hydrogen) atoms. The van der Waals surface area contributed by atoms with Crippen LogP contribution in [0.1, 0.15) is 25.3 Å². The van der Waals surface area contributed by atoms with Gasteiger partial charge in [0.05, 0.1) is 6.61 Å². The van der Waals surface area contributed by atoms with Gasteiger partial charge in [0, 0.05) is 12.2 Å². The van der Waals surface area contributed by atoms with E-state index in [-0.39, 0.29) is 25.8 Å². The Hall–Kier alpha value is -2.08. The van der Waals surface area contributed by atoms with Crippen LogP contribution in [0.4, 0.5) is 10.5 Å². The monoisotopic (exact) mass is 280 g/mol. The molecule has 0 heterocycles. The van der Waals surface area contributed by atoms with Gasteiger partial charge in [0.15, 0.2) is 0 Å². The maximum Gasteiger partial charge on any atom is 0.329 e. The number of carbonyl (C=O) groups excluding carboxylic acids is 1. The Kier molecular flexibility index (Phi) is 6.52. The number of aliphatic carboxylic acids is 1. The van der Waals surface area contributed by atoms with Crippen LogP contribution in [0.3, 0.4) is 0 Å². The molecule has 1 aromatic rings. The molecule has 3 N–H and O–H groups in total. The summed E-state index contributed by atoms with van der Waals surface area (Å²) in [6.07, 6.45) is 0. The van der Waals surface area contributed by atoms with Crippen molar-refractivity contribution in [2.75, 3.05) is 25.1 Å². The summed E-state index contributed by atoms with van der Waals surface area (Å²) in [5.41, 5.74) is 1.87. The van der Waals surface area contributed by atoms with Crippen LogP contribution in [0, 0.1) is 0 Å². The zero-order valence-electron chi connectivity index (χ0n) is 11.7. The Morgan fingerprint density at radius 3 is 2.75 bits per heavy atom. The Balaban J connectivity index is 2.31. The molecule has 1 aromatic carbocycles. The molecule has 0 aliphatic rings. The summed E-state index contributed by atoms with van der Waals surface area (Å²) in [7, 11) is 0. The van der Waals surface area contributed by atoms with E-state index in [1.807, 2.05) is 24.3 Å². The number of hydrogen-bond donors (Lipinski definition) is 3. The molecule has 6 heteroatoms. The van der Waals surface area contributed by atoms with Gasteiger partial charge in [-0.05, 0) is 23.6 Å². The molecule has 110 valence electrons. The van der Waals surface area contributed by atoms with Gasteiger partial charge in [-0.3, -0.25) is 0 Å². The van der Waals surface area contributed by atoms with Crippen molar-refractivity contribution in [3.63, 3.8) is 0 Å². The number of anilines is 1. The fraction of sp³-hybridized carbons (Fsp3) is 0.429. The van der Waals surface area contributed by atoms with Gasteiger partial charge in [0.2, 0.25) is 0 Å². The minimum absolute atomic E-state index is 0.158. The second kappa shape index (κ2) is 8.16. The molecular weight excluding hydrogens is 260 g/mol. The Morgan fingerprint density at radius 1 is 1.35 bits per heavy atom. The first-order chi connectivity index (χ1) is 9.49. The smallest absolute Gasteiger partial charge is 0.329 e. The topological polar surface area (TPSA) is 87.7 Å². The Bertz CT molecular complexity index is 460. The highest BCUT2D eigenvalue weighted by Crippen LogP contribution is 2.18. The standard InChI is InChI=1S/C14H20N2O4/c1-10(2)11-4-3-5-12(8-11)16-14(19)15-6-7-20-9-13(17)18/h3-5,8,10H,6-7,9H2,1-2H3,(H,17,18)(H2,15,16,19). The molecule has 0 radical (unpaired) electrons. The average Bonchev–Trinajstić information content (AvgIpc) is 2.38. The average molecular weight is 280 g/mol. The number of amides is 2. The number of carboxylic acids is 1. The highest BCUT2D eigenvalue weighted by molar-refractivity contribution is 5.89. The van der Waals surface area contributed by atoms with Crippen molar-refractivity contribution in [1.82, 2.24) is 5.32 Å². The molecule has 0 aromatic heterocycles. The highest BCUT2D eigenvalue weighted by atomic mass is 16.5. The summed E-state index contributed by atoms with van der Waals surface area (Å²) in [6.45, 7) is 4.21. The van der Waals surface area contributed by atoms with Crippen molar-refractivity contribution >= 4 is 17.7 Å². The van der Waals surface area contributed by atoms with Gasteiger partial charge in [-0.1, -0.05) is 26.0 Å². The van der Waals surface area contributed by atoms with Crippen LogP contribution >= 0.6 is 0 Å². The van der Waals surface area contributed by atoms with Gasteiger partial charge in [-0.25, -0.2) is 9.59 Å². The normalized spacial score (nSPS) is 10.3. The number of rotatable bonds is 7. The van der Waals surface area contributed by atoms with Crippen LogP contribution in [0.15, 0.2) is 24.3 Å². The molecule has 0 saturated carbocycles. The summed E-state index contributed by atoms with van der Waals surface area (Å²) >= 11 is 0. The fourth-order valence-electron chi connectivity index (χ4n) is 1.55. The van der Waals surface area contributed by atoms with Gasteiger partial charge >= 0.3 is 12.0 Å². The molecule has 0 saturated heterocycles. The second-order valence-corrected chi connectivity index (χ2v) is 4.61. The number of carboxylic acid groups (broad SMARTS) is 1. The highest BCUT2D eigenvalue weighted by Gasteiger charge is 2.04. The molecule has 6 nitrogen and oxygen atoms in total. The van der Waals surface area contributed by atoms with Gasteiger partial charge < -0.3 is 20.5 Å². The van der Waals surface area contributed by atoms with E-state index in [2.05, 4.69) is 24.5 Å². The lowest BCUT2D eigenvalue weighted by Gasteiger charge is -2.10. The zero-order valence-corrected chi connectivity index (χ0v) is 11.7. The van der Waals surface area contributed by atoms with Gasteiger partial charge in [-0.15, -0.1) is 0 Å². The summed E-state index contributed by atoms with van der Waals surface area (Å²) in [6, 6.07) is 7.29. The van der Waals surface area contributed by atoms with E-state index in [0.717, 1.165) is 11.3 Å². The van der Waals surface area contributed by atoms with Crippen molar-refractivity contribution in [2.45, 2.75) is 19.8 Å². The van der Waals surface area contributed by atoms with Crippen LogP contribution in [0.2, 0.25) is 0 Å². The molecule has 0 spiro atoms. The third-order valence-corrected chi connectivity index (χ3v) is 2.57. The van der Waals surface area contributed by atoms with Crippen LogP contribution < -0.4 is 10.6 Å². The van der Waals surface area contributed by atoms with E-state index >= 15 is 0 Å². The molecule has 2 amide bonds.